The zero-order chi connectivity index (χ0) is 11.5. The Hall–Kier alpha value is -1.91. The second kappa shape index (κ2) is 4.30. The molecule has 2 rings (SSSR count). The van der Waals surface area contributed by atoms with E-state index in [-0.39, 0.29) is 6.42 Å². The lowest BCUT2D eigenvalue weighted by Gasteiger charge is -2.00. The van der Waals surface area contributed by atoms with Crippen LogP contribution in [0.5, 0.6) is 0 Å². The number of aromatic nitrogens is 3. The average Bonchev–Trinajstić information content (AvgIpc) is 2.56. The number of carboxylic acids is 1. The number of aliphatic carboxylic acids is 1. The van der Waals surface area contributed by atoms with Crippen molar-refractivity contribution in [2.45, 2.75) is 19.3 Å². The van der Waals surface area contributed by atoms with Gasteiger partial charge in [0, 0.05) is 26.1 Å². The Kier molecular flexibility index (Phi) is 2.85. The third-order valence-corrected chi connectivity index (χ3v) is 2.57. The second-order valence-electron chi connectivity index (χ2n) is 3.70. The molecular formula is C11H13N3O2. The molecule has 0 aromatic carbocycles. The minimum absolute atomic E-state index is 0.182. The second-order valence-corrected chi connectivity index (χ2v) is 3.70. The van der Waals surface area contributed by atoms with E-state index >= 15 is 0 Å². The molecule has 0 atom stereocenters. The number of fused-ring (bicyclic) bond motifs is 1. The van der Waals surface area contributed by atoms with Gasteiger partial charge in [0.1, 0.15) is 11.3 Å². The monoisotopic (exact) mass is 219 g/mol. The van der Waals surface area contributed by atoms with E-state index in [1.165, 1.54) is 0 Å². The largest absolute Gasteiger partial charge is 0.481 e. The quantitative estimate of drug-likeness (QED) is 0.843. The van der Waals surface area contributed by atoms with E-state index in [4.69, 9.17) is 5.11 Å². The Morgan fingerprint density at radius 3 is 3.06 bits per heavy atom. The molecule has 0 fully saturated rings. The maximum atomic E-state index is 10.4. The molecule has 0 bridgehead atoms. The summed E-state index contributed by atoms with van der Waals surface area (Å²) in [6.45, 7) is 0. The van der Waals surface area contributed by atoms with Crippen molar-refractivity contribution in [3.63, 3.8) is 0 Å². The smallest absolute Gasteiger partial charge is 0.303 e. The molecule has 0 saturated heterocycles. The minimum Gasteiger partial charge on any atom is -0.481 e. The Bertz CT molecular complexity index is 519. The summed E-state index contributed by atoms with van der Waals surface area (Å²) in [6, 6.07) is 1.91. The van der Waals surface area contributed by atoms with Crippen molar-refractivity contribution in [2.75, 3.05) is 0 Å². The van der Waals surface area contributed by atoms with Gasteiger partial charge in [-0.15, -0.1) is 0 Å². The van der Waals surface area contributed by atoms with Crippen LogP contribution in [-0.4, -0.2) is 25.6 Å². The summed E-state index contributed by atoms with van der Waals surface area (Å²) in [5.74, 6) is 0.143. The van der Waals surface area contributed by atoms with Gasteiger partial charge in [-0.1, -0.05) is 0 Å². The summed E-state index contributed by atoms with van der Waals surface area (Å²) in [7, 11) is 1.94. The third-order valence-electron chi connectivity index (χ3n) is 2.57. The molecule has 0 aliphatic rings. The summed E-state index contributed by atoms with van der Waals surface area (Å²) >= 11 is 0. The molecule has 1 N–H and O–H groups in total. The van der Waals surface area contributed by atoms with Crippen LogP contribution in [0.1, 0.15) is 18.7 Å². The predicted molar refractivity (Wildman–Crippen MR) is 59.1 cm³/mol. The lowest BCUT2D eigenvalue weighted by Crippen LogP contribution is -2.01. The highest BCUT2D eigenvalue weighted by molar-refractivity contribution is 5.74. The van der Waals surface area contributed by atoms with Crippen molar-refractivity contribution in [1.82, 2.24) is 14.5 Å². The fourth-order valence-corrected chi connectivity index (χ4v) is 1.72. The van der Waals surface area contributed by atoms with Gasteiger partial charge < -0.3 is 9.67 Å². The number of hydrogen-bond acceptors (Lipinski definition) is 3. The highest BCUT2D eigenvalue weighted by Crippen LogP contribution is 2.14. The third kappa shape index (κ3) is 2.03. The van der Waals surface area contributed by atoms with Crippen molar-refractivity contribution >= 4 is 17.0 Å². The van der Waals surface area contributed by atoms with Gasteiger partial charge >= 0.3 is 5.97 Å². The molecule has 2 aromatic rings. The number of carboxylic acid groups (broad SMARTS) is 1. The molecule has 0 radical (unpaired) electrons. The molecule has 0 amide bonds. The van der Waals surface area contributed by atoms with Crippen LogP contribution in [0, 0.1) is 0 Å². The zero-order valence-electron chi connectivity index (χ0n) is 9.05. The standard InChI is InChI=1S/C11H13N3O2/c1-14-9-5-6-12-7-8(9)13-10(14)3-2-4-11(15)16/h5-7H,2-4H2,1H3,(H,15,16). The van der Waals surface area contributed by atoms with Crippen LogP contribution in [0.2, 0.25) is 0 Å². The van der Waals surface area contributed by atoms with Gasteiger partial charge in [0.25, 0.3) is 0 Å². The number of hydrogen-bond donors (Lipinski definition) is 1. The summed E-state index contributed by atoms with van der Waals surface area (Å²) in [4.78, 5) is 18.8. The van der Waals surface area contributed by atoms with Gasteiger partial charge in [-0.3, -0.25) is 9.78 Å². The molecule has 84 valence electrons. The molecule has 5 heteroatoms. The zero-order valence-corrected chi connectivity index (χ0v) is 9.05. The number of pyridine rings is 1. The number of aryl methyl sites for hydroxylation is 2. The summed E-state index contributed by atoms with van der Waals surface area (Å²) in [6.07, 6.45) is 4.92. The first-order chi connectivity index (χ1) is 7.68. The molecule has 2 heterocycles. The van der Waals surface area contributed by atoms with Crippen LogP contribution in [-0.2, 0) is 18.3 Å². The van der Waals surface area contributed by atoms with Gasteiger partial charge in [-0.2, -0.15) is 0 Å². The van der Waals surface area contributed by atoms with Crippen LogP contribution >= 0.6 is 0 Å². The first kappa shape index (κ1) is 10.6. The van der Waals surface area contributed by atoms with E-state index in [1.54, 1.807) is 12.4 Å². The predicted octanol–water partition coefficient (Wildman–Crippen LogP) is 1.38. The maximum absolute atomic E-state index is 10.4. The molecular weight excluding hydrogens is 206 g/mol. The first-order valence-corrected chi connectivity index (χ1v) is 5.15. The topological polar surface area (TPSA) is 68.0 Å². The number of rotatable bonds is 4. The summed E-state index contributed by atoms with van der Waals surface area (Å²) in [5, 5.41) is 8.56. The van der Waals surface area contributed by atoms with Crippen molar-refractivity contribution in [3.05, 3.63) is 24.3 Å². The first-order valence-electron chi connectivity index (χ1n) is 5.15. The summed E-state index contributed by atoms with van der Waals surface area (Å²) < 4.78 is 1.98. The van der Waals surface area contributed by atoms with Gasteiger partial charge in [0.15, 0.2) is 0 Å². The molecule has 0 unspecified atom stereocenters. The van der Waals surface area contributed by atoms with E-state index in [0.717, 1.165) is 16.9 Å². The minimum atomic E-state index is -0.763. The van der Waals surface area contributed by atoms with Crippen LogP contribution in [0.4, 0.5) is 0 Å². The molecule has 0 aliphatic heterocycles. The van der Waals surface area contributed by atoms with E-state index in [9.17, 15) is 4.79 Å². The van der Waals surface area contributed by atoms with Crippen LogP contribution < -0.4 is 0 Å². The maximum Gasteiger partial charge on any atom is 0.303 e. The van der Waals surface area contributed by atoms with Gasteiger partial charge in [0.2, 0.25) is 0 Å². The Labute approximate surface area is 92.8 Å². The van der Waals surface area contributed by atoms with E-state index in [2.05, 4.69) is 9.97 Å². The fraction of sp³-hybridized carbons (Fsp3) is 0.364. The molecule has 0 aliphatic carbocycles. The number of carbonyl (C=O) groups is 1. The van der Waals surface area contributed by atoms with Gasteiger partial charge in [-0.05, 0) is 12.5 Å². The molecule has 16 heavy (non-hydrogen) atoms. The van der Waals surface area contributed by atoms with Crippen LogP contribution in [0.15, 0.2) is 18.5 Å². The number of imidazole rings is 1. The van der Waals surface area contributed by atoms with Crippen LogP contribution in [0.25, 0.3) is 11.0 Å². The number of nitrogens with zero attached hydrogens (tertiary/aromatic N) is 3. The van der Waals surface area contributed by atoms with E-state index in [0.29, 0.717) is 12.8 Å². The average molecular weight is 219 g/mol. The van der Waals surface area contributed by atoms with Gasteiger partial charge in [0.05, 0.1) is 11.7 Å². The Morgan fingerprint density at radius 1 is 1.56 bits per heavy atom. The van der Waals surface area contributed by atoms with Crippen molar-refractivity contribution < 1.29 is 9.90 Å². The Morgan fingerprint density at radius 2 is 2.38 bits per heavy atom. The highest BCUT2D eigenvalue weighted by Gasteiger charge is 2.07. The molecule has 0 saturated carbocycles. The van der Waals surface area contributed by atoms with Gasteiger partial charge in [-0.25, -0.2) is 4.98 Å². The SMILES string of the molecule is Cn1c(CCCC(=O)O)nc2cnccc21. The van der Waals surface area contributed by atoms with E-state index in [1.807, 2.05) is 17.7 Å². The summed E-state index contributed by atoms with van der Waals surface area (Å²) in [5.41, 5.74) is 1.88. The molecule has 0 spiro atoms. The van der Waals surface area contributed by atoms with Crippen molar-refractivity contribution in [3.8, 4) is 0 Å². The Balaban J connectivity index is 2.18. The van der Waals surface area contributed by atoms with E-state index < -0.39 is 5.97 Å². The fourth-order valence-electron chi connectivity index (χ4n) is 1.72. The lowest BCUT2D eigenvalue weighted by atomic mass is 10.2. The molecule has 2 aromatic heterocycles. The van der Waals surface area contributed by atoms with Crippen molar-refractivity contribution in [1.29, 1.82) is 0 Å². The van der Waals surface area contributed by atoms with Crippen LogP contribution in [0.3, 0.4) is 0 Å². The van der Waals surface area contributed by atoms with Crippen molar-refractivity contribution in [2.24, 2.45) is 7.05 Å². The lowest BCUT2D eigenvalue weighted by molar-refractivity contribution is -0.137. The molecule has 5 nitrogen and oxygen atoms in total. The normalized spacial score (nSPS) is 10.8. The highest BCUT2D eigenvalue weighted by atomic mass is 16.4.